The van der Waals surface area contributed by atoms with Crippen molar-refractivity contribution in [2.45, 2.75) is 26.2 Å². The van der Waals surface area contributed by atoms with E-state index in [4.69, 9.17) is 0 Å². The van der Waals surface area contributed by atoms with Crippen LogP contribution in [0.3, 0.4) is 0 Å². The third kappa shape index (κ3) is 2.96. The molecule has 0 radical (unpaired) electrons. The molecular formula is C17H17F2N7. The molecule has 4 aromatic rings. The Hall–Kier alpha value is -3.10. The van der Waals surface area contributed by atoms with Gasteiger partial charge in [0.15, 0.2) is 0 Å². The molecule has 7 nitrogen and oxygen atoms in total. The Labute approximate surface area is 147 Å². The molecule has 0 saturated heterocycles. The van der Waals surface area contributed by atoms with Gasteiger partial charge in [0.1, 0.15) is 0 Å². The molecule has 0 saturated carbocycles. The number of rotatable bonds is 5. The highest BCUT2D eigenvalue weighted by molar-refractivity contribution is 5.79. The van der Waals surface area contributed by atoms with Crippen molar-refractivity contribution in [2.24, 2.45) is 0 Å². The predicted octanol–water partition coefficient (Wildman–Crippen LogP) is 3.07. The third-order valence-electron chi connectivity index (χ3n) is 4.09. The normalized spacial score (nSPS) is 12.2. The fourth-order valence-electron chi connectivity index (χ4n) is 2.78. The van der Waals surface area contributed by atoms with Gasteiger partial charge >= 0.3 is 0 Å². The molecule has 4 rings (SSSR count). The molecule has 0 spiro atoms. The molecule has 26 heavy (non-hydrogen) atoms. The lowest BCUT2D eigenvalue weighted by molar-refractivity contribution is 0.0365. The van der Waals surface area contributed by atoms with E-state index >= 15 is 0 Å². The molecule has 0 aliphatic heterocycles. The molecule has 134 valence electrons. The maximum Gasteiger partial charge on any atom is 0.262 e. The van der Waals surface area contributed by atoms with Crippen molar-refractivity contribution in [1.29, 1.82) is 0 Å². The number of nitrogens with zero attached hydrogens (tertiary/aromatic N) is 6. The molecular weight excluding hydrogens is 340 g/mol. The minimum absolute atomic E-state index is 0.151. The zero-order valence-electron chi connectivity index (χ0n) is 14.3. The number of hydrogen-bond donors (Lipinski definition) is 1. The van der Waals surface area contributed by atoms with Crippen molar-refractivity contribution in [2.75, 3.05) is 11.9 Å². The Morgan fingerprint density at radius 2 is 1.96 bits per heavy atom. The van der Waals surface area contributed by atoms with E-state index in [1.54, 1.807) is 23.1 Å². The van der Waals surface area contributed by atoms with Crippen LogP contribution in [0.15, 0.2) is 37.1 Å². The van der Waals surface area contributed by atoms with E-state index < -0.39 is 12.5 Å². The van der Waals surface area contributed by atoms with Gasteiger partial charge in [-0.25, -0.2) is 28.2 Å². The summed E-state index contributed by atoms with van der Waals surface area (Å²) < 4.78 is 29.5. The summed E-state index contributed by atoms with van der Waals surface area (Å²) in [6, 6.07) is 1.90. The quantitative estimate of drug-likeness (QED) is 0.594. The van der Waals surface area contributed by atoms with Crippen LogP contribution >= 0.6 is 0 Å². The van der Waals surface area contributed by atoms with Crippen LogP contribution in [0.1, 0.15) is 19.5 Å². The van der Waals surface area contributed by atoms with Gasteiger partial charge in [-0.2, -0.15) is 0 Å². The number of anilines is 1. The number of aryl methyl sites for hydroxylation is 1. The first-order valence-electron chi connectivity index (χ1n) is 8.23. The average molecular weight is 357 g/mol. The van der Waals surface area contributed by atoms with E-state index in [2.05, 4.69) is 32.3 Å². The number of halogens is 2. The van der Waals surface area contributed by atoms with Crippen LogP contribution in [-0.2, 0) is 6.42 Å². The summed E-state index contributed by atoms with van der Waals surface area (Å²) in [7, 11) is 0. The van der Waals surface area contributed by atoms with E-state index in [9.17, 15) is 8.78 Å². The summed E-state index contributed by atoms with van der Waals surface area (Å²) in [6.45, 7) is 2.38. The van der Waals surface area contributed by atoms with Crippen LogP contribution in [0, 0.1) is 0 Å². The van der Waals surface area contributed by atoms with Crippen molar-refractivity contribution in [3.05, 3.63) is 42.7 Å². The molecule has 0 atom stereocenters. The SMILES string of the molecule is CCc1cnc2ncc(-c3ccn4nc(NCC(C)(F)F)ncc34)cn12. The van der Waals surface area contributed by atoms with E-state index in [0.717, 1.165) is 35.7 Å². The second-order valence-corrected chi connectivity index (χ2v) is 6.18. The smallest absolute Gasteiger partial charge is 0.262 e. The molecule has 1 N–H and O–H groups in total. The second-order valence-electron chi connectivity index (χ2n) is 6.18. The minimum atomic E-state index is -2.83. The highest BCUT2D eigenvalue weighted by atomic mass is 19.3. The van der Waals surface area contributed by atoms with Crippen LogP contribution in [0.2, 0.25) is 0 Å². The standard InChI is InChI=1S/C17H17F2N7/c1-3-12-7-22-16-21-6-11(9-25(12)16)13-4-5-26-14(13)8-20-15(24-26)23-10-17(2,18)19/h4-9H,3,10H2,1-2H3,(H,23,24). The van der Waals surface area contributed by atoms with Gasteiger partial charge in [-0.1, -0.05) is 6.92 Å². The van der Waals surface area contributed by atoms with Gasteiger partial charge in [-0.05, 0) is 12.5 Å². The number of alkyl halides is 2. The fraction of sp³-hybridized carbons (Fsp3) is 0.294. The molecule has 0 bridgehead atoms. The second kappa shape index (κ2) is 6.01. The molecule has 4 aromatic heterocycles. The van der Waals surface area contributed by atoms with Crippen LogP contribution in [0.5, 0.6) is 0 Å². The predicted molar refractivity (Wildman–Crippen MR) is 93.5 cm³/mol. The first kappa shape index (κ1) is 16.4. The van der Waals surface area contributed by atoms with Crippen LogP contribution in [-0.4, -0.2) is 41.4 Å². The zero-order valence-corrected chi connectivity index (χ0v) is 14.3. The summed E-state index contributed by atoms with van der Waals surface area (Å²) in [4.78, 5) is 12.8. The van der Waals surface area contributed by atoms with E-state index in [-0.39, 0.29) is 5.95 Å². The average Bonchev–Trinajstić information content (AvgIpc) is 3.22. The monoisotopic (exact) mass is 357 g/mol. The molecule has 0 unspecified atom stereocenters. The lowest BCUT2D eigenvalue weighted by Crippen LogP contribution is -2.24. The van der Waals surface area contributed by atoms with Gasteiger partial charge < -0.3 is 5.32 Å². The van der Waals surface area contributed by atoms with Crippen LogP contribution in [0.25, 0.3) is 22.4 Å². The van der Waals surface area contributed by atoms with E-state index in [0.29, 0.717) is 5.78 Å². The highest BCUT2D eigenvalue weighted by Gasteiger charge is 2.21. The Morgan fingerprint density at radius 1 is 1.15 bits per heavy atom. The van der Waals surface area contributed by atoms with E-state index in [1.165, 1.54) is 0 Å². The lowest BCUT2D eigenvalue weighted by Gasteiger charge is -2.11. The van der Waals surface area contributed by atoms with Crippen LogP contribution in [0.4, 0.5) is 14.7 Å². The van der Waals surface area contributed by atoms with Gasteiger partial charge in [0, 0.05) is 42.3 Å². The summed E-state index contributed by atoms with van der Waals surface area (Å²) in [5, 5.41) is 6.78. The maximum atomic E-state index is 13.0. The maximum absolute atomic E-state index is 13.0. The van der Waals surface area contributed by atoms with Crippen molar-refractivity contribution >= 4 is 17.2 Å². The molecule has 0 aliphatic rings. The fourth-order valence-corrected chi connectivity index (χ4v) is 2.78. The summed E-state index contributed by atoms with van der Waals surface area (Å²) in [5.74, 6) is -2.03. The van der Waals surface area contributed by atoms with Gasteiger partial charge in [0.2, 0.25) is 11.7 Å². The van der Waals surface area contributed by atoms with Gasteiger partial charge in [-0.3, -0.25) is 4.40 Å². The van der Waals surface area contributed by atoms with Crippen molar-refractivity contribution in [3.8, 4) is 11.1 Å². The lowest BCUT2D eigenvalue weighted by atomic mass is 10.1. The summed E-state index contributed by atoms with van der Waals surface area (Å²) in [5.41, 5.74) is 3.64. The number of hydrogen-bond acceptors (Lipinski definition) is 5. The largest absolute Gasteiger partial charge is 0.347 e. The topological polar surface area (TPSA) is 72.4 Å². The van der Waals surface area contributed by atoms with E-state index in [1.807, 2.05) is 22.9 Å². The summed E-state index contributed by atoms with van der Waals surface area (Å²) >= 11 is 0. The Balaban J connectivity index is 1.71. The molecule has 0 fully saturated rings. The number of imidazole rings is 1. The first-order chi connectivity index (χ1) is 12.4. The molecule has 9 heteroatoms. The van der Waals surface area contributed by atoms with Gasteiger partial charge in [-0.15, -0.1) is 5.10 Å². The molecule has 0 amide bonds. The van der Waals surface area contributed by atoms with Gasteiger partial charge in [0.25, 0.3) is 5.92 Å². The molecule has 0 aliphatic carbocycles. The van der Waals surface area contributed by atoms with Crippen molar-refractivity contribution in [1.82, 2.24) is 29.0 Å². The number of nitrogens with one attached hydrogen (secondary N) is 1. The Bertz CT molecular complexity index is 1080. The Morgan fingerprint density at radius 3 is 2.73 bits per heavy atom. The van der Waals surface area contributed by atoms with Crippen LogP contribution < -0.4 is 5.32 Å². The first-order valence-corrected chi connectivity index (χ1v) is 8.23. The zero-order chi connectivity index (χ0) is 18.3. The minimum Gasteiger partial charge on any atom is -0.347 e. The number of aromatic nitrogens is 6. The third-order valence-corrected chi connectivity index (χ3v) is 4.09. The molecule has 0 aromatic carbocycles. The number of fused-ring (bicyclic) bond motifs is 2. The molecule has 4 heterocycles. The Kier molecular flexibility index (Phi) is 3.78. The van der Waals surface area contributed by atoms with Crippen molar-refractivity contribution < 1.29 is 8.78 Å². The van der Waals surface area contributed by atoms with Crippen molar-refractivity contribution in [3.63, 3.8) is 0 Å². The highest BCUT2D eigenvalue weighted by Crippen LogP contribution is 2.25. The van der Waals surface area contributed by atoms with Gasteiger partial charge in [0.05, 0.1) is 24.5 Å². The summed E-state index contributed by atoms with van der Waals surface area (Å²) in [6.07, 6.45) is 9.77.